The van der Waals surface area contributed by atoms with Gasteiger partial charge in [0, 0.05) is 12.6 Å². The van der Waals surface area contributed by atoms with Gasteiger partial charge in [0.05, 0.1) is 17.7 Å². The molecule has 0 bridgehead atoms. The number of hydrogen-bond donors (Lipinski definition) is 2. The van der Waals surface area contributed by atoms with Gasteiger partial charge >= 0.3 is 0 Å². The zero-order valence-electron chi connectivity index (χ0n) is 14.5. The van der Waals surface area contributed by atoms with Gasteiger partial charge in [-0.25, -0.2) is 0 Å². The van der Waals surface area contributed by atoms with Crippen molar-refractivity contribution in [3.05, 3.63) is 39.4 Å². The minimum atomic E-state index is -0.983. The van der Waals surface area contributed by atoms with Crippen LogP contribution in [0.2, 0.25) is 0 Å². The zero-order valence-corrected chi connectivity index (χ0v) is 14.5. The monoisotopic (exact) mass is 367 g/mol. The topological polar surface area (TPSA) is 131 Å². The highest BCUT2D eigenvalue weighted by atomic mass is 16.9. The molecule has 26 heavy (non-hydrogen) atoms. The Morgan fingerprint density at radius 1 is 1.27 bits per heavy atom. The van der Waals surface area contributed by atoms with Crippen molar-refractivity contribution < 1.29 is 29.4 Å². The lowest BCUT2D eigenvalue weighted by molar-refractivity contribution is -0.757. The summed E-state index contributed by atoms with van der Waals surface area (Å²) in [6.07, 6.45) is -0.723. The minimum Gasteiger partial charge on any atom is -0.491 e. The van der Waals surface area contributed by atoms with E-state index < -0.39 is 29.6 Å². The number of amides is 2. The van der Waals surface area contributed by atoms with E-state index in [1.807, 2.05) is 13.8 Å². The lowest BCUT2D eigenvalue weighted by Gasteiger charge is -2.15. The molecule has 1 heterocycles. The normalized spacial score (nSPS) is 14.5. The van der Waals surface area contributed by atoms with Crippen LogP contribution in [0.5, 0.6) is 5.75 Å². The second-order valence-electron chi connectivity index (χ2n) is 6.05. The Labute approximate surface area is 149 Å². The molecule has 1 aliphatic heterocycles. The average Bonchev–Trinajstić information content (AvgIpc) is 2.82. The molecule has 0 aliphatic carbocycles. The molecule has 0 spiro atoms. The molecule has 2 rings (SSSR count). The van der Waals surface area contributed by atoms with Gasteiger partial charge in [0.1, 0.15) is 25.1 Å². The van der Waals surface area contributed by atoms with E-state index in [4.69, 9.17) is 4.74 Å². The van der Waals surface area contributed by atoms with Gasteiger partial charge in [-0.3, -0.25) is 14.5 Å². The third-order valence-electron chi connectivity index (χ3n) is 3.66. The van der Waals surface area contributed by atoms with Crippen molar-refractivity contribution in [2.75, 3.05) is 26.3 Å². The number of benzene rings is 1. The molecule has 0 saturated carbocycles. The highest BCUT2D eigenvalue weighted by molar-refractivity contribution is 6.21. The predicted molar refractivity (Wildman–Crippen MR) is 89.4 cm³/mol. The van der Waals surface area contributed by atoms with Crippen LogP contribution in [-0.4, -0.2) is 65.4 Å². The molecule has 1 unspecified atom stereocenters. The van der Waals surface area contributed by atoms with Gasteiger partial charge in [0.15, 0.2) is 0 Å². The first-order chi connectivity index (χ1) is 12.3. The van der Waals surface area contributed by atoms with Crippen molar-refractivity contribution >= 4 is 11.8 Å². The van der Waals surface area contributed by atoms with E-state index in [2.05, 4.69) is 10.2 Å². The average molecular weight is 367 g/mol. The lowest BCUT2D eigenvalue weighted by Crippen LogP contribution is -2.35. The van der Waals surface area contributed by atoms with Gasteiger partial charge in [-0.15, -0.1) is 10.1 Å². The maximum Gasteiger partial charge on any atom is 0.294 e. The van der Waals surface area contributed by atoms with E-state index in [1.165, 1.54) is 18.2 Å². The fourth-order valence-electron chi connectivity index (χ4n) is 2.39. The lowest BCUT2D eigenvalue weighted by atomic mass is 10.1. The number of aliphatic hydroxyl groups is 1. The van der Waals surface area contributed by atoms with Gasteiger partial charge in [-0.05, 0) is 18.2 Å². The second-order valence-corrected chi connectivity index (χ2v) is 6.05. The number of ether oxygens (including phenoxy) is 1. The van der Waals surface area contributed by atoms with Crippen LogP contribution in [-0.2, 0) is 4.84 Å². The van der Waals surface area contributed by atoms with E-state index in [9.17, 15) is 24.8 Å². The van der Waals surface area contributed by atoms with Crippen molar-refractivity contribution in [2.24, 2.45) is 0 Å². The number of rotatable bonds is 10. The Bertz CT molecular complexity index is 692. The third-order valence-corrected chi connectivity index (χ3v) is 3.66. The molecule has 0 fully saturated rings. The summed E-state index contributed by atoms with van der Waals surface area (Å²) < 4.78 is 5.47. The van der Waals surface area contributed by atoms with Gasteiger partial charge in [0.2, 0.25) is 0 Å². The minimum absolute atomic E-state index is 0.0288. The molecule has 10 heteroatoms. The molecular formula is C16H21N3O7. The third kappa shape index (κ3) is 4.90. The Balaban J connectivity index is 1.97. The van der Waals surface area contributed by atoms with Crippen LogP contribution in [0.25, 0.3) is 0 Å². The van der Waals surface area contributed by atoms with Crippen molar-refractivity contribution in [3.8, 4) is 5.75 Å². The first-order valence-corrected chi connectivity index (χ1v) is 8.11. The molecule has 0 saturated heterocycles. The summed E-state index contributed by atoms with van der Waals surface area (Å²) in [5.41, 5.74) is 0.355. The number of nitrogens with one attached hydrogen (secondary N) is 1. The summed E-state index contributed by atoms with van der Waals surface area (Å²) in [6, 6.07) is 4.65. The Kier molecular flexibility index (Phi) is 6.47. The van der Waals surface area contributed by atoms with Crippen LogP contribution >= 0.6 is 0 Å². The maximum atomic E-state index is 12.3. The fraction of sp³-hybridized carbons (Fsp3) is 0.500. The number of fused-ring (bicyclic) bond motifs is 1. The van der Waals surface area contributed by atoms with Crippen molar-refractivity contribution in [2.45, 2.75) is 26.0 Å². The summed E-state index contributed by atoms with van der Waals surface area (Å²) >= 11 is 0. The molecule has 0 aromatic heterocycles. The van der Waals surface area contributed by atoms with Crippen LogP contribution in [0.1, 0.15) is 34.6 Å². The molecule has 1 aliphatic rings. The number of imide groups is 1. The summed E-state index contributed by atoms with van der Waals surface area (Å²) in [5, 5.41) is 22.1. The van der Waals surface area contributed by atoms with Crippen LogP contribution in [0.3, 0.4) is 0 Å². The van der Waals surface area contributed by atoms with Gasteiger partial charge in [-0.2, -0.15) is 0 Å². The molecule has 0 radical (unpaired) electrons. The molecular weight excluding hydrogens is 346 g/mol. The molecule has 2 N–H and O–H groups in total. The number of hydrogen-bond acceptors (Lipinski definition) is 8. The second kappa shape index (κ2) is 8.59. The Morgan fingerprint density at radius 3 is 2.62 bits per heavy atom. The summed E-state index contributed by atoms with van der Waals surface area (Å²) in [5.74, 6) is -0.758. The summed E-state index contributed by atoms with van der Waals surface area (Å²) in [6.45, 7) is 3.70. The highest BCUT2D eigenvalue weighted by Crippen LogP contribution is 2.26. The SMILES string of the molecule is CC(C)NCC(O)COc1ccc2c(c1)C(=O)N(CCO[N+](=O)[O-])C2=O. The first-order valence-electron chi connectivity index (χ1n) is 8.11. The van der Waals surface area contributed by atoms with E-state index in [0.717, 1.165) is 4.90 Å². The van der Waals surface area contributed by atoms with Gasteiger partial charge in [0.25, 0.3) is 16.9 Å². The van der Waals surface area contributed by atoms with Crippen molar-refractivity contribution in [3.63, 3.8) is 0 Å². The van der Waals surface area contributed by atoms with Crippen LogP contribution < -0.4 is 10.1 Å². The summed E-state index contributed by atoms with van der Waals surface area (Å²) in [7, 11) is 0. The number of carbonyl (C=O) groups excluding carboxylic acids is 2. The Hall–Kier alpha value is -2.72. The van der Waals surface area contributed by atoms with Crippen molar-refractivity contribution in [1.29, 1.82) is 0 Å². The first kappa shape index (κ1) is 19.6. The van der Waals surface area contributed by atoms with Crippen molar-refractivity contribution in [1.82, 2.24) is 10.2 Å². The highest BCUT2D eigenvalue weighted by Gasteiger charge is 2.35. The largest absolute Gasteiger partial charge is 0.491 e. The molecule has 142 valence electrons. The van der Waals surface area contributed by atoms with Gasteiger partial charge in [-0.1, -0.05) is 13.8 Å². The molecule has 10 nitrogen and oxygen atoms in total. The van der Waals surface area contributed by atoms with Crippen LogP contribution in [0.4, 0.5) is 0 Å². The molecule has 1 aromatic rings. The zero-order chi connectivity index (χ0) is 19.3. The van der Waals surface area contributed by atoms with E-state index in [0.29, 0.717) is 12.3 Å². The molecule has 1 atom stereocenters. The number of carbonyl (C=O) groups is 2. The standard InChI is InChI=1S/C16H21N3O7/c1-10(2)17-8-11(20)9-25-12-3-4-13-14(7-12)16(22)18(15(13)21)5-6-26-19(23)24/h3-4,7,10-11,17,20H,5-6,8-9H2,1-2H3. The summed E-state index contributed by atoms with van der Waals surface area (Å²) in [4.78, 5) is 39.7. The van der Waals surface area contributed by atoms with Crippen LogP contribution in [0, 0.1) is 10.1 Å². The maximum absolute atomic E-state index is 12.3. The quantitative estimate of drug-likeness (QED) is 0.341. The van der Waals surface area contributed by atoms with E-state index >= 15 is 0 Å². The number of nitrogens with zero attached hydrogens (tertiary/aromatic N) is 2. The molecule has 1 aromatic carbocycles. The van der Waals surface area contributed by atoms with Gasteiger partial charge < -0.3 is 20.0 Å². The predicted octanol–water partition coefficient (Wildman–Crippen LogP) is 0.229. The number of aliphatic hydroxyl groups excluding tert-OH is 1. The Morgan fingerprint density at radius 2 is 1.96 bits per heavy atom. The van der Waals surface area contributed by atoms with E-state index in [1.54, 1.807) is 0 Å². The smallest absolute Gasteiger partial charge is 0.294 e. The van der Waals surface area contributed by atoms with Crippen LogP contribution in [0.15, 0.2) is 18.2 Å². The van der Waals surface area contributed by atoms with E-state index in [-0.39, 0.29) is 30.3 Å². The fourth-order valence-corrected chi connectivity index (χ4v) is 2.39. The molecule has 2 amide bonds.